The van der Waals surface area contributed by atoms with Gasteiger partial charge in [-0.05, 0) is 71.7 Å². The van der Waals surface area contributed by atoms with Crippen LogP contribution in [0.5, 0.6) is 0 Å². The van der Waals surface area contributed by atoms with Crippen molar-refractivity contribution in [3.63, 3.8) is 0 Å². The standard InChI is InChI=1S/C17H26IN/c1-17(2,3)13-7-6-8-14(12-11-13)19-16-10-5-4-9-15(16)18/h4-5,9-10,13-14,19H,6-8,11-12H2,1-3H3. The molecule has 1 saturated carbocycles. The Kier molecular flexibility index (Phi) is 5.15. The molecule has 2 heteroatoms. The van der Waals surface area contributed by atoms with Gasteiger partial charge in [-0.25, -0.2) is 0 Å². The molecule has 1 fully saturated rings. The third-order valence-corrected chi connectivity index (χ3v) is 5.37. The largest absolute Gasteiger partial charge is 0.381 e. The summed E-state index contributed by atoms with van der Waals surface area (Å²) in [7, 11) is 0. The van der Waals surface area contributed by atoms with Gasteiger partial charge in [-0.1, -0.05) is 39.3 Å². The fourth-order valence-electron chi connectivity index (χ4n) is 3.11. The molecule has 0 aliphatic heterocycles. The molecule has 0 radical (unpaired) electrons. The van der Waals surface area contributed by atoms with E-state index in [-0.39, 0.29) is 0 Å². The van der Waals surface area contributed by atoms with Crippen molar-refractivity contribution in [2.75, 3.05) is 5.32 Å². The molecule has 0 amide bonds. The van der Waals surface area contributed by atoms with Gasteiger partial charge in [0, 0.05) is 15.3 Å². The molecule has 1 aliphatic carbocycles. The highest BCUT2D eigenvalue weighted by atomic mass is 127. The van der Waals surface area contributed by atoms with Crippen molar-refractivity contribution in [1.82, 2.24) is 0 Å². The van der Waals surface area contributed by atoms with Crippen LogP contribution in [-0.4, -0.2) is 6.04 Å². The lowest BCUT2D eigenvalue weighted by atomic mass is 9.76. The van der Waals surface area contributed by atoms with Gasteiger partial charge >= 0.3 is 0 Å². The van der Waals surface area contributed by atoms with Crippen molar-refractivity contribution in [3.05, 3.63) is 27.8 Å². The molecule has 1 aromatic carbocycles. The first-order chi connectivity index (χ1) is 8.97. The van der Waals surface area contributed by atoms with E-state index in [0.29, 0.717) is 11.5 Å². The minimum absolute atomic E-state index is 0.468. The zero-order valence-corrected chi connectivity index (χ0v) is 14.5. The van der Waals surface area contributed by atoms with E-state index >= 15 is 0 Å². The van der Waals surface area contributed by atoms with Crippen molar-refractivity contribution >= 4 is 28.3 Å². The maximum absolute atomic E-state index is 3.75. The van der Waals surface area contributed by atoms with E-state index in [4.69, 9.17) is 0 Å². The van der Waals surface area contributed by atoms with E-state index in [1.54, 1.807) is 0 Å². The van der Waals surface area contributed by atoms with Gasteiger partial charge in [0.1, 0.15) is 0 Å². The minimum atomic E-state index is 0.468. The van der Waals surface area contributed by atoms with Crippen molar-refractivity contribution < 1.29 is 0 Å². The summed E-state index contributed by atoms with van der Waals surface area (Å²) >= 11 is 2.42. The summed E-state index contributed by atoms with van der Waals surface area (Å²) in [5.74, 6) is 0.883. The molecule has 0 bridgehead atoms. The van der Waals surface area contributed by atoms with Crippen molar-refractivity contribution in [3.8, 4) is 0 Å². The Morgan fingerprint density at radius 1 is 1.05 bits per heavy atom. The summed E-state index contributed by atoms with van der Waals surface area (Å²) in [4.78, 5) is 0. The van der Waals surface area contributed by atoms with Crippen molar-refractivity contribution in [2.24, 2.45) is 11.3 Å². The zero-order valence-electron chi connectivity index (χ0n) is 12.4. The van der Waals surface area contributed by atoms with Gasteiger partial charge in [-0.3, -0.25) is 0 Å². The number of anilines is 1. The fraction of sp³-hybridized carbons (Fsp3) is 0.647. The lowest BCUT2D eigenvalue weighted by Crippen LogP contribution is -2.21. The molecule has 1 N–H and O–H groups in total. The lowest BCUT2D eigenvalue weighted by Gasteiger charge is -2.29. The summed E-state index contributed by atoms with van der Waals surface area (Å²) in [5.41, 5.74) is 1.78. The van der Waals surface area contributed by atoms with Gasteiger partial charge in [-0.2, -0.15) is 0 Å². The molecule has 2 atom stereocenters. The molecule has 0 aromatic heterocycles. The monoisotopic (exact) mass is 371 g/mol. The Morgan fingerprint density at radius 2 is 1.79 bits per heavy atom. The number of benzene rings is 1. The van der Waals surface area contributed by atoms with Crippen molar-refractivity contribution in [1.29, 1.82) is 0 Å². The van der Waals surface area contributed by atoms with E-state index in [1.165, 1.54) is 41.4 Å². The molecule has 0 saturated heterocycles. The molecule has 19 heavy (non-hydrogen) atoms. The summed E-state index contributed by atoms with van der Waals surface area (Å²) in [6, 6.07) is 9.27. The Bertz CT molecular complexity index is 408. The minimum Gasteiger partial charge on any atom is -0.381 e. The highest BCUT2D eigenvalue weighted by Crippen LogP contribution is 2.37. The predicted octanol–water partition coefficient (Wildman–Crippen LogP) is 5.70. The highest BCUT2D eigenvalue weighted by molar-refractivity contribution is 14.1. The van der Waals surface area contributed by atoms with Crippen LogP contribution in [0.2, 0.25) is 0 Å². The molecule has 1 aliphatic rings. The Hall–Kier alpha value is -0.250. The number of halogens is 1. The maximum atomic E-state index is 3.75. The van der Waals surface area contributed by atoms with Crippen LogP contribution in [0, 0.1) is 14.9 Å². The normalized spacial score (nSPS) is 24.8. The van der Waals surface area contributed by atoms with E-state index in [2.05, 4.69) is 72.9 Å². The average molecular weight is 371 g/mol. The molecule has 2 rings (SSSR count). The van der Waals surface area contributed by atoms with Gasteiger partial charge in [0.05, 0.1) is 0 Å². The van der Waals surface area contributed by atoms with E-state index < -0.39 is 0 Å². The van der Waals surface area contributed by atoms with Crippen LogP contribution in [0.4, 0.5) is 5.69 Å². The molecule has 0 heterocycles. The molecule has 1 nitrogen and oxygen atoms in total. The number of nitrogens with one attached hydrogen (secondary N) is 1. The van der Waals surface area contributed by atoms with Gasteiger partial charge < -0.3 is 5.32 Å². The Morgan fingerprint density at radius 3 is 2.47 bits per heavy atom. The summed E-state index contributed by atoms with van der Waals surface area (Å²) < 4.78 is 1.33. The van der Waals surface area contributed by atoms with Gasteiger partial charge in [-0.15, -0.1) is 0 Å². The topological polar surface area (TPSA) is 12.0 Å². The molecular weight excluding hydrogens is 345 g/mol. The van der Waals surface area contributed by atoms with E-state index in [0.717, 1.165) is 5.92 Å². The fourth-order valence-corrected chi connectivity index (χ4v) is 3.65. The SMILES string of the molecule is CC(C)(C)C1CCCC(Nc2ccccc2I)CC1. The number of hydrogen-bond acceptors (Lipinski definition) is 1. The smallest absolute Gasteiger partial charge is 0.0478 e. The van der Waals surface area contributed by atoms with Crippen LogP contribution in [0.25, 0.3) is 0 Å². The summed E-state index contributed by atoms with van der Waals surface area (Å²) in [6.45, 7) is 7.18. The predicted molar refractivity (Wildman–Crippen MR) is 92.6 cm³/mol. The summed E-state index contributed by atoms with van der Waals surface area (Å²) in [5, 5.41) is 3.75. The van der Waals surface area contributed by atoms with Crippen molar-refractivity contribution in [2.45, 2.75) is 58.9 Å². The second kappa shape index (κ2) is 6.47. The lowest BCUT2D eigenvalue weighted by molar-refractivity contribution is 0.214. The first-order valence-electron chi connectivity index (χ1n) is 7.48. The average Bonchev–Trinajstić information content (AvgIpc) is 2.57. The molecule has 2 unspecified atom stereocenters. The van der Waals surface area contributed by atoms with Crippen LogP contribution in [0.15, 0.2) is 24.3 Å². The number of hydrogen-bond donors (Lipinski definition) is 1. The third kappa shape index (κ3) is 4.37. The van der Waals surface area contributed by atoms with Gasteiger partial charge in [0.25, 0.3) is 0 Å². The van der Waals surface area contributed by atoms with E-state index in [1.807, 2.05) is 0 Å². The van der Waals surface area contributed by atoms with Crippen LogP contribution in [0.1, 0.15) is 52.9 Å². The quantitative estimate of drug-likeness (QED) is 0.520. The maximum Gasteiger partial charge on any atom is 0.0478 e. The van der Waals surface area contributed by atoms with Crippen LogP contribution < -0.4 is 5.32 Å². The van der Waals surface area contributed by atoms with Gasteiger partial charge in [0.15, 0.2) is 0 Å². The zero-order chi connectivity index (χ0) is 13.9. The Balaban J connectivity index is 1.95. The Labute approximate surface area is 131 Å². The van der Waals surface area contributed by atoms with Gasteiger partial charge in [0.2, 0.25) is 0 Å². The first-order valence-corrected chi connectivity index (χ1v) is 8.56. The van der Waals surface area contributed by atoms with Crippen LogP contribution in [-0.2, 0) is 0 Å². The highest BCUT2D eigenvalue weighted by Gasteiger charge is 2.27. The molecule has 1 aromatic rings. The third-order valence-electron chi connectivity index (χ3n) is 4.43. The first kappa shape index (κ1) is 15.1. The summed E-state index contributed by atoms with van der Waals surface area (Å²) in [6.07, 6.45) is 6.76. The number of para-hydroxylation sites is 1. The number of rotatable bonds is 2. The molecule has 106 valence electrons. The van der Waals surface area contributed by atoms with Crippen LogP contribution >= 0.6 is 22.6 Å². The van der Waals surface area contributed by atoms with Crippen LogP contribution in [0.3, 0.4) is 0 Å². The second-order valence-electron chi connectivity index (χ2n) is 6.89. The molecule has 0 spiro atoms. The molecular formula is C17H26IN. The van der Waals surface area contributed by atoms with E-state index in [9.17, 15) is 0 Å². The second-order valence-corrected chi connectivity index (χ2v) is 8.05.